The number of thiol groups is 1. The van der Waals surface area contributed by atoms with Crippen LogP contribution in [0.2, 0.25) is 5.02 Å². The first-order valence-corrected chi connectivity index (χ1v) is 4.30. The van der Waals surface area contributed by atoms with Gasteiger partial charge in [-0.05, 0) is 11.6 Å². The molecule has 1 N–H and O–H groups in total. The van der Waals surface area contributed by atoms with Gasteiger partial charge in [0.25, 0.3) is 0 Å². The summed E-state index contributed by atoms with van der Waals surface area (Å²) >= 11 is 9.77. The normalized spacial score (nSPS) is 13.0. The van der Waals surface area contributed by atoms with Crippen molar-refractivity contribution in [1.29, 1.82) is 0 Å². The smallest absolute Gasteiger partial charge is 0.0892 e. The van der Waals surface area contributed by atoms with Crippen LogP contribution in [-0.2, 0) is 0 Å². The average Bonchev–Trinajstić information content (AvgIpc) is 2.04. The van der Waals surface area contributed by atoms with E-state index in [2.05, 4.69) is 12.6 Å². The molecule has 1 atom stereocenters. The van der Waals surface area contributed by atoms with Crippen molar-refractivity contribution in [3.05, 3.63) is 34.9 Å². The molecule has 0 saturated carbocycles. The summed E-state index contributed by atoms with van der Waals surface area (Å²) in [4.78, 5) is 0. The van der Waals surface area contributed by atoms with Gasteiger partial charge in [0, 0.05) is 10.8 Å². The van der Waals surface area contributed by atoms with E-state index in [1.54, 1.807) is 12.1 Å². The lowest BCUT2D eigenvalue weighted by molar-refractivity contribution is 0.204. The van der Waals surface area contributed by atoms with Crippen molar-refractivity contribution >= 4 is 24.2 Å². The van der Waals surface area contributed by atoms with Gasteiger partial charge in [0.05, 0.1) is 6.10 Å². The summed E-state index contributed by atoms with van der Waals surface area (Å²) < 4.78 is 0. The molecule has 0 aromatic heterocycles. The minimum Gasteiger partial charge on any atom is -0.388 e. The van der Waals surface area contributed by atoms with Crippen LogP contribution in [0.25, 0.3) is 0 Å². The molecule has 1 nitrogen and oxygen atoms in total. The van der Waals surface area contributed by atoms with Gasteiger partial charge in [-0.15, -0.1) is 0 Å². The highest BCUT2D eigenvalue weighted by atomic mass is 35.5. The van der Waals surface area contributed by atoms with Gasteiger partial charge in [0.1, 0.15) is 0 Å². The molecular weight excluding hydrogens is 180 g/mol. The number of hydrogen-bond acceptors (Lipinski definition) is 2. The molecule has 0 heterocycles. The average molecular weight is 189 g/mol. The van der Waals surface area contributed by atoms with Crippen LogP contribution in [0.15, 0.2) is 24.3 Å². The zero-order valence-corrected chi connectivity index (χ0v) is 7.52. The van der Waals surface area contributed by atoms with Crippen molar-refractivity contribution in [2.75, 3.05) is 5.75 Å². The van der Waals surface area contributed by atoms with Crippen molar-refractivity contribution < 1.29 is 5.11 Å². The maximum atomic E-state index is 9.35. The molecule has 0 aliphatic rings. The van der Waals surface area contributed by atoms with Crippen molar-refractivity contribution in [2.45, 2.75) is 6.10 Å². The SMILES string of the molecule is OC(CS)c1ccccc1Cl. The third-order valence-electron chi connectivity index (χ3n) is 1.44. The predicted molar refractivity (Wildman–Crippen MR) is 50.3 cm³/mol. The van der Waals surface area contributed by atoms with Crippen molar-refractivity contribution in [2.24, 2.45) is 0 Å². The summed E-state index contributed by atoms with van der Waals surface area (Å²) in [5.41, 5.74) is 0.740. The second kappa shape index (κ2) is 4.00. The molecule has 0 fully saturated rings. The fourth-order valence-electron chi connectivity index (χ4n) is 0.844. The van der Waals surface area contributed by atoms with Crippen molar-refractivity contribution in [3.63, 3.8) is 0 Å². The van der Waals surface area contributed by atoms with Crippen LogP contribution < -0.4 is 0 Å². The van der Waals surface area contributed by atoms with E-state index in [0.717, 1.165) is 5.56 Å². The fourth-order valence-corrected chi connectivity index (χ4v) is 1.30. The number of aliphatic hydroxyl groups excluding tert-OH is 1. The van der Waals surface area contributed by atoms with Crippen LogP contribution in [0.3, 0.4) is 0 Å². The van der Waals surface area contributed by atoms with E-state index in [4.69, 9.17) is 11.6 Å². The molecule has 0 saturated heterocycles. The van der Waals surface area contributed by atoms with Crippen LogP contribution in [0, 0.1) is 0 Å². The Bertz CT molecular complexity index is 239. The fraction of sp³-hybridized carbons (Fsp3) is 0.250. The van der Waals surface area contributed by atoms with Gasteiger partial charge in [0.2, 0.25) is 0 Å². The van der Waals surface area contributed by atoms with E-state index in [1.807, 2.05) is 12.1 Å². The Morgan fingerprint density at radius 2 is 2.09 bits per heavy atom. The molecule has 0 radical (unpaired) electrons. The molecule has 0 bridgehead atoms. The molecule has 1 rings (SSSR count). The van der Waals surface area contributed by atoms with Gasteiger partial charge in [-0.1, -0.05) is 29.8 Å². The Morgan fingerprint density at radius 3 is 2.64 bits per heavy atom. The van der Waals surface area contributed by atoms with Gasteiger partial charge in [-0.25, -0.2) is 0 Å². The van der Waals surface area contributed by atoms with Crippen molar-refractivity contribution in [3.8, 4) is 0 Å². The van der Waals surface area contributed by atoms with E-state index in [0.29, 0.717) is 10.8 Å². The highest BCUT2D eigenvalue weighted by molar-refractivity contribution is 7.80. The largest absolute Gasteiger partial charge is 0.388 e. The topological polar surface area (TPSA) is 20.2 Å². The van der Waals surface area contributed by atoms with Crippen molar-refractivity contribution in [1.82, 2.24) is 0 Å². The van der Waals surface area contributed by atoms with Crippen LogP contribution in [0.4, 0.5) is 0 Å². The van der Waals surface area contributed by atoms with Crippen LogP contribution in [0.5, 0.6) is 0 Å². The second-order valence-corrected chi connectivity index (χ2v) is 2.99. The lowest BCUT2D eigenvalue weighted by Crippen LogP contribution is -1.98. The van der Waals surface area contributed by atoms with Gasteiger partial charge in [-0.2, -0.15) is 12.6 Å². The number of benzene rings is 1. The molecule has 0 aliphatic heterocycles. The maximum Gasteiger partial charge on any atom is 0.0892 e. The van der Waals surface area contributed by atoms with E-state index >= 15 is 0 Å². The minimum atomic E-state index is -0.563. The second-order valence-electron chi connectivity index (χ2n) is 2.22. The number of hydrogen-bond donors (Lipinski definition) is 2. The molecular formula is C8H9ClOS. The highest BCUT2D eigenvalue weighted by Gasteiger charge is 2.07. The first-order chi connectivity index (χ1) is 5.25. The first-order valence-electron chi connectivity index (χ1n) is 3.29. The minimum absolute atomic E-state index is 0.393. The molecule has 60 valence electrons. The summed E-state index contributed by atoms with van der Waals surface area (Å²) in [5.74, 6) is 0.393. The predicted octanol–water partition coefficient (Wildman–Crippen LogP) is 2.30. The molecule has 0 aliphatic carbocycles. The highest BCUT2D eigenvalue weighted by Crippen LogP contribution is 2.22. The third-order valence-corrected chi connectivity index (χ3v) is 2.13. The van der Waals surface area contributed by atoms with E-state index in [9.17, 15) is 5.11 Å². The van der Waals surface area contributed by atoms with Gasteiger partial charge in [-0.3, -0.25) is 0 Å². The van der Waals surface area contributed by atoms with E-state index in [-0.39, 0.29) is 0 Å². The van der Waals surface area contributed by atoms with Crippen LogP contribution in [0.1, 0.15) is 11.7 Å². The summed E-state index contributed by atoms with van der Waals surface area (Å²) in [5, 5.41) is 9.94. The molecule has 11 heavy (non-hydrogen) atoms. The molecule has 0 amide bonds. The van der Waals surface area contributed by atoms with Gasteiger partial charge in [0.15, 0.2) is 0 Å². The maximum absolute atomic E-state index is 9.35. The zero-order valence-electron chi connectivity index (χ0n) is 5.87. The molecule has 1 unspecified atom stereocenters. The number of rotatable bonds is 2. The summed E-state index contributed by atoms with van der Waals surface area (Å²) in [6, 6.07) is 7.22. The van der Waals surface area contributed by atoms with Crippen LogP contribution >= 0.6 is 24.2 Å². The number of halogens is 1. The Balaban J connectivity index is 2.93. The van der Waals surface area contributed by atoms with E-state index in [1.165, 1.54) is 0 Å². The first kappa shape index (κ1) is 8.91. The molecule has 0 spiro atoms. The number of aliphatic hydroxyl groups is 1. The molecule has 1 aromatic rings. The lowest BCUT2D eigenvalue weighted by Gasteiger charge is -2.08. The van der Waals surface area contributed by atoms with Gasteiger partial charge < -0.3 is 5.11 Å². The standard InChI is InChI=1S/C8H9ClOS/c9-7-4-2-1-3-6(7)8(10)5-11/h1-4,8,10-11H,5H2. The quantitative estimate of drug-likeness (QED) is 0.683. The summed E-state index contributed by atoms with van der Waals surface area (Å²) in [7, 11) is 0. The Hall–Kier alpha value is -0.180. The summed E-state index contributed by atoms with van der Waals surface area (Å²) in [6.45, 7) is 0. The van der Waals surface area contributed by atoms with Crippen LogP contribution in [-0.4, -0.2) is 10.9 Å². The summed E-state index contributed by atoms with van der Waals surface area (Å²) in [6.07, 6.45) is -0.563. The molecule has 1 aromatic carbocycles. The Kier molecular flexibility index (Phi) is 3.24. The lowest BCUT2D eigenvalue weighted by atomic mass is 10.1. The van der Waals surface area contributed by atoms with E-state index < -0.39 is 6.10 Å². The zero-order chi connectivity index (χ0) is 8.27. The molecule has 3 heteroatoms. The van der Waals surface area contributed by atoms with Gasteiger partial charge >= 0.3 is 0 Å². The Morgan fingerprint density at radius 1 is 1.45 bits per heavy atom. The third kappa shape index (κ3) is 2.12. The monoisotopic (exact) mass is 188 g/mol. The Labute approximate surface area is 76.4 Å².